The number of ether oxygens (including phenoxy) is 2. The fourth-order valence-electron chi connectivity index (χ4n) is 3.97. The molecule has 9 heteroatoms. The predicted molar refractivity (Wildman–Crippen MR) is 133 cm³/mol. The predicted octanol–water partition coefficient (Wildman–Crippen LogP) is 3.50. The Kier molecular flexibility index (Phi) is 8.22. The first kappa shape index (κ1) is 26.0. The highest BCUT2D eigenvalue weighted by molar-refractivity contribution is 7.92. The van der Waals surface area contributed by atoms with E-state index in [2.05, 4.69) is 42.6 Å². The Balaban J connectivity index is 1.60. The standard InChI is InChI=1S/C25H35N3O5S/c1-6-32-22-11-9-21(10-12-22)27-34(30,31)23-13-7-20(8-14-23)24(29)26-17-25(4,5)28-15-18(2)33-19(3)16-28/h7-14,18-19,27H,6,15-17H2,1-5H3,(H,26,29). The molecule has 0 aliphatic carbocycles. The maximum Gasteiger partial charge on any atom is 0.261 e. The summed E-state index contributed by atoms with van der Waals surface area (Å²) in [7, 11) is -3.78. The van der Waals surface area contributed by atoms with Gasteiger partial charge in [0.1, 0.15) is 5.75 Å². The third-order valence-corrected chi connectivity index (χ3v) is 7.20. The number of hydrogen-bond donors (Lipinski definition) is 2. The zero-order valence-corrected chi connectivity index (χ0v) is 21.3. The third kappa shape index (κ3) is 6.71. The van der Waals surface area contributed by atoms with Crippen LogP contribution in [0, 0.1) is 0 Å². The molecule has 1 fully saturated rings. The molecule has 0 spiro atoms. The molecule has 2 N–H and O–H groups in total. The van der Waals surface area contributed by atoms with Gasteiger partial charge in [0.2, 0.25) is 0 Å². The number of nitrogens with one attached hydrogen (secondary N) is 2. The minimum atomic E-state index is -3.78. The molecule has 1 saturated heterocycles. The van der Waals surface area contributed by atoms with Gasteiger partial charge in [-0.1, -0.05) is 0 Å². The second kappa shape index (κ2) is 10.8. The largest absolute Gasteiger partial charge is 0.494 e. The van der Waals surface area contributed by atoms with Crippen molar-refractivity contribution in [3.05, 3.63) is 54.1 Å². The van der Waals surface area contributed by atoms with Crippen LogP contribution < -0.4 is 14.8 Å². The molecule has 0 bridgehead atoms. The molecule has 2 aromatic carbocycles. The number of benzene rings is 2. The number of carbonyl (C=O) groups is 1. The third-order valence-electron chi connectivity index (χ3n) is 5.80. The molecule has 1 amide bonds. The molecule has 0 aromatic heterocycles. The highest BCUT2D eigenvalue weighted by Gasteiger charge is 2.33. The van der Waals surface area contributed by atoms with E-state index in [1.54, 1.807) is 24.3 Å². The Labute approximate surface area is 202 Å². The van der Waals surface area contributed by atoms with Crippen LogP contribution in [0.1, 0.15) is 45.0 Å². The number of sulfonamides is 1. The summed E-state index contributed by atoms with van der Waals surface area (Å²) < 4.78 is 39.2. The van der Waals surface area contributed by atoms with Crippen molar-refractivity contribution in [2.75, 3.05) is 31.0 Å². The van der Waals surface area contributed by atoms with Crippen LogP contribution in [0.15, 0.2) is 53.4 Å². The van der Waals surface area contributed by atoms with Crippen molar-refractivity contribution in [2.45, 2.75) is 57.3 Å². The van der Waals surface area contributed by atoms with Crippen molar-refractivity contribution in [1.29, 1.82) is 0 Å². The molecule has 0 radical (unpaired) electrons. The number of rotatable bonds is 9. The Hall–Kier alpha value is -2.62. The smallest absolute Gasteiger partial charge is 0.261 e. The molecule has 0 saturated carbocycles. The lowest BCUT2D eigenvalue weighted by molar-refractivity contribution is -0.0948. The fraction of sp³-hybridized carbons (Fsp3) is 0.480. The van der Waals surface area contributed by atoms with Crippen LogP contribution in [-0.4, -0.2) is 63.2 Å². The molecular formula is C25H35N3O5S. The summed E-state index contributed by atoms with van der Waals surface area (Å²) in [6.07, 6.45) is 0.286. The number of carbonyl (C=O) groups excluding carboxylic acids is 1. The Morgan fingerprint density at radius 2 is 1.65 bits per heavy atom. The van der Waals surface area contributed by atoms with Crippen molar-refractivity contribution in [2.24, 2.45) is 0 Å². The van der Waals surface area contributed by atoms with Crippen LogP contribution in [0.25, 0.3) is 0 Å². The molecule has 186 valence electrons. The van der Waals surface area contributed by atoms with Crippen LogP contribution in [0.5, 0.6) is 5.75 Å². The fourth-order valence-corrected chi connectivity index (χ4v) is 5.03. The molecule has 3 rings (SSSR count). The van der Waals surface area contributed by atoms with Gasteiger partial charge in [-0.3, -0.25) is 14.4 Å². The summed E-state index contributed by atoms with van der Waals surface area (Å²) in [6.45, 7) is 12.8. The van der Waals surface area contributed by atoms with E-state index >= 15 is 0 Å². The van der Waals surface area contributed by atoms with Gasteiger partial charge in [-0.05, 0) is 83.1 Å². The van der Waals surface area contributed by atoms with E-state index in [4.69, 9.17) is 9.47 Å². The monoisotopic (exact) mass is 489 g/mol. The molecular weight excluding hydrogens is 454 g/mol. The number of anilines is 1. The second-order valence-corrected chi connectivity index (χ2v) is 10.9. The average molecular weight is 490 g/mol. The van der Waals surface area contributed by atoms with Gasteiger partial charge in [0, 0.05) is 36.4 Å². The number of morpholine rings is 1. The molecule has 1 heterocycles. The summed E-state index contributed by atoms with van der Waals surface area (Å²) >= 11 is 0. The van der Waals surface area contributed by atoms with Gasteiger partial charge in [-0.2, -0.15) is 0 Å². The lowest BCUT2D eigenvalue weighted by Crippen LogP contribution is -2.58. The average Bonchev–Trinajstić information content (AvgIpc) is 2.78. The van der Waals surface area contributed by atoms with E-state index in [-0.39, 0.29) is 28.5 Å². The number of hydrogen-bond acceptors (Lipinski definition) is 6. The zero-order chi connectivity index (χ0) is 24.9. The van der Waals surface area contributed by atoms with E-state index in [1.807, 2.05) is 6.92 Å². The highest BCUT2D eigenvalue weighted by Crippen LogP contribution is 2.22. The minimum absolute atomic E-state index is 0.0783. The van der Waals surface area contributed by atoms with Crippen LogP contribution in [0.3, 0.4) is 0 Å². The first-order valence-electron chi connectivity index (χ1n) is 11.5. The van der Waals surface area contributed by atoms with Gasteiger partial charge in [0.15, 0.2) is 0 Å². The van der Waals surface area contributed by atoms with E-state index in [0.29, 0.717) is 30.2 Å². The maximum absolute atomic E-state index is 12.7. The van der Waals surface area contributed by atoms with E-state index in [0.717, 1.165) is 13.1 Å². The molecule has 34 heavy (non-hydrogen) atoms. The maximum atomic E-state index is 12.7. The second-order valence-electron chi connectivity index (χ2n) is 9.24. The lowest BCUT2D eigenvalue weighted by Gasteiger charge is -2.45. The summed E-state index contributed by atoms with van der Waals surface area (Å²) in [5.41, 5.74) is 0.589. The van der Waals surface area contributed by atoms with Crippen LogP contribution in [0.4, 0.5) is 5.69 Å². The molecule has 2 aromatic rings. The van der Waals surface area contributed by atoms with Crippen LogP contribution in [0.2, 0.25) is 0 Å². The van der Waals surface area contributed by atoms with Crippen molar-refractivity contribution in [1.82, 2.24) is 10.2 Å². The Bertz CT molecular complexity index is 1060. The van der Waals surface area contributed by atoms with Crippen molar-refractivity contribution in [3.63, 3.8) is 0 Å². The van der Waals surface area contributed by atoms with Gasteiger partial charge in [0.25, 0.3) is 15.9 Å². The summed E-state index contributed by atoms with van der Waals surface area (Å²) in [5.74, 6) is 0.424. The lowest BCUT2D eigenvalue weighted by atomic mass is 10.00. The van der Waals surface area contributed by atoms with Crippen molar-refractivity contribution >= 4 is 21.6 Å². The minimum Gasteiger partial charge on any atom is -0.494 e. The van der Waals surface area contributed by atoms with Crippen LogP contribution in [-0.2, 0) is 14.8 Å². The Morgan fingerprint density at radius 1 is 1.06 bits per heavy atom. The molecule has 2 atom stereocenters. The SMILES string of the molecule is CCOc1ccc(NS(=O)(=O)c2ccc(C(=O)NCC(C)(C)N3CC(C)OC(C)C3)cc2)cc1. The molecule has 8 nitrogen and oxygen atoms in total. The van der Waals surface area contributed by atoms with Gasteiger partial charge in [-0.25, -0.2) is 8.42 Å². The molecule has 2 unspecified atom stereocenters. The normalized spacial score (nSPS) is 19.4. The van der Waals surface area contributed by atoms with Gasteiger partial charge in [0.05, 0.1) is 23.7 Å². The first-order valence-corrected chi connectivity index (χ1v) is 13.0. The quantitative estimate of drug-likeness (QED) is 0.560. The summed E-state index contributed by atoms with van der Waals surface area (Å²) in [5, 5.41) is 2.98. The zero-order valence-electron chi connectivity index (χ0n) is 20.5. The molecule has 1 aliphatic heterocycles. The summed E-state index contributed by atoms with van der Waals surface area (Å²) in [6, 6.07) is 12.6. The van der Waals surface area contributed by atoms with E-state index in [9.17, 15) is 13.2 Å². The topological polar surface area (TPSA) is 97.0 Å². The molecule has 1 aliphatic rings. The van der Waals surface area contributed by atoms with Crippen LogP contribution >= 0.6 is 0 Å². The van der Waals surface area contributed by atoms with E-state index < -0.39 is 10.0 Å². The first-order chi connectivity index (χ1) is 16.0. The van der Waals surface area contributed by atoms with E-state index in [1.165, 1.54) is 24.3 Å². The number of nitrogens with zero attached hydrogens (tertiary/aromatic N) is 1. The van der Waals surface area contributed by atoms with Gasteiger partial charge in [-0.15, -0.1) is 0 Å². The van der Waals surface area contributed by atoms with Crippen molar-refractivity contribution in [3.8, 4) is 5.75 Å². The number of amides is 1. The van der Waals surface area contributed by atoms with Gasteiger partial charge < -0.3 is 14.8 Å². The van der Waals surface area contributed by atoms with Gasteiger partial charge >= 0.3 is 0 Å². The summed E-state index contributed by atoms with van der Waals surface area (Å²) in [4.78, 5) is 15.1. The highest BCUT2D eigenvalue weighted by atomic mass is 32.2. The Morgan fingerprint density at radius 3 is 2.21 bits per heavy atom. The van der Waals surface area contributed by atoms with Crippen molar-refractivity contribution < 1.29 is 22.7 Å².